The van der Waals surface area contributed by atoms with Gasteiger partial charge in [0.1, 0.15) is 17.0 Å². The summed E-state index contributed by atoms with van der Waals surface area (Å²) in [6.07, 6.45) is 5.53. The maximum absolute atomic E-state index is 13.2. The molecule has 3 aromatic carbocycles. The van der Waals surface area contributed by atoms with E-state index in [1.165, 1.54) is 5.56 Å². The van der Waals surface area contributed by atoms with Crippen molar-refractivity contribution in [1.29, 1.82) is 0 Å². The molecule has 0 bridgehead atoms. The van der Waals surface area contributed by atoms with Crippen LogP contribution < -0.4 is 5.32 Å². The van der Waals surface area contributed by atoms with Gasteiger partial charge in [0.25, 0.3) is 5.91 Å². The van der Waals surface area contributed by atoms with Crippen LogP contribution in [0.4, 0.5) is 0 Å². The third-order valence-corrected chi connectivity index (χ3v) is 6.19. The topological polar surface area (TPSA) is 73.0 Å². The minimum Gasteiger partial charge on any atom is -0.360 e. The molecule has 0 unspecified atom stereocenters. The van der Waals surface area contributed by atoms with Crippen molar-refractivity contribution in [3.8, 4) is 22.4 Å². The van der Waals surface area contributed by atoms with Crippen molar-refractivity contribution >= 4 is 17.5 Å². The highest BCUT2D eigenvalue weighted by Gasteiger charge is 2.23. The van der Waals surface area contributed by atoms with Gasteiger partial charge in [-0.15, -0.1) is 0 Å². The Morgan fingerprint density at radius 3 is 2.49 bits per heavy atom. The fourth-order valence-corrected chi connectivity index (χ4v) is 4.30. The molecule has 0 fully saturated rings. The number of hydrogen-bond acceptors (Lipinski definition) is 4. The first kappa shape index (κ1) is 22.6. The third-order valence-electron chi connectivity index (χ3n) is 5.86. The molecule has 0 atom stereocenters. The summed E-state index contributed by atoms with van der Waals surface area (Å²) >= 11 is 6.34. The quantitative estimate of drug-likeness (QED) is 0.302. The number of nitrogens with one attached hydrogen (secondary N) is 1. The Labute approximate surface area is 208 Å². The number of aromatic nitrogens is 3. The van der Waals surface area contributed by atoms with Gasteiger partial charge in [0.05, 0.1) is 11.3 Å². The second-order valence-electron chi connectivity index (χ2n) is 8.21. The maximum Gasteiger partial charge on any atom is 0.257 e. The standard InChI is InChI=1S/C28H23ClN4O2/c1-19-26(27(32-35-19)24-8-4-5-9-25(24)29)28(34)31-16-22-6-2-3-7-23(22)21-12-10-20(11-13-21)17-33-15-14-30-18-33/h2-15,18H,16-17H2,1H3,(H,31,34). The van der Waals surface area contributed by atoms with Gasteiger partial charge in [-0.3, -0.25) is 4.79 Å². The van der Waals surface area contributed by atoms with E-state index >= 15 is 0 Å². The molecule has 174 valence electrons. The number of carbonyl (C=O) groups excluding carboxylic acids is 1. The number of rotatable bonds is 7. The Morgan fingerprint density at radius 1 is 1.00 bits per heavy atom. The molecule has 0 radical (unpaired) electrons. The molecule has 1 N–H and O–H groups in total. The Balaban J connectivity index is 1.35. The van der Waals surface area contributed by atoms with Crippen molar-refractivity contribution in [2.75, 3.05) is 0 Å². The van der Waals surface area contributed by atoms with E-state index in [-0.39, 0.29) is 5.91 Å². The number of amides is 1. The number of aryl methyl sites for hydroxylation is 1. The minimum atomic E-state index is -0.260. The average Bonchev–Trinajstić information content (AvgIpc) is 3.53. The van der Waals surface area contributed by atoms with E-state index in [9.17, 15) is 4.79 Å². The molecule has 7 heteroatoms. The molecule has 5 rings (SSSR count). The SMILES string of the molecule is Cc1onc(-c2ccccc2Cl)c1C(=O)NCc1ccccc1-c1ccc(Cn2ccnc2)cc1. The normalized spacial score (nSPS) is 10.9. The van der Waals surface area contributed by atoms with Crippen LogP contribution in [0.2, 0.25) is 5.02 Å². The number of imidazole rings is 1. The van der Waals surface area contributed by atoms with Gasteiger partial charge < -0.3 is 14.4 Å². The van der Waals surface area contributed by atoms with Gasteiger partial charge >= 0.3 is 0 Å². The monoisotopic (exact) mass is 482 g/mol. The van der Waals surface area contributed by atoms with E-state index in [4.69, 9.17) is 16.1 Å². The maximum atomic E-state index is 13.2. The van der Waals surface area contributed by atoms with Crippen molar-refractivity contribution < 1.29 is 9.32 Å². The summed E-state index contributed by atoms with van der Waals surface area (Å²) in [6, 6.07) is 23.8. The van der Waals surface area contributed by atoms with Crippen LogP contribution >= 0.6 is 11.6 Å². The van der Waals surface area contributed by atoms with Crippen LogP contribution in [0.5, 0.6) is 0 Å². The second kappa shape index (κ2) is 9.99. The van der Waals surface area contributed by atoms with Crippen molar-refractivity contribution in [3.05, 3.63) is 119 Å². The summed E-state index contributed by atoms with van der Waals surface area (Å²) in [6.45, 7) is 2.85. The summed E-state index contributed by atoms with van der Waals surface area (Å²) < 4.78 is 7.37. The first-order chi connectivity index (χ1) is 17.1. The van der Waals surface area contributed by atoms with Crippen molar-refractivity contribution in [3.63, 3.8) is 0 Å². The number of carbonyl (C=O) groups is 1. The zero-order valence-electron chi connectivity index (χ0n) is 19.1. The van der Waals surface area contributed by atoms with Crippen LogP contribution in [0, 0.1) is 6.92 Å². The molecular weight excluding hydrogens is 460 g/mol. The first-order valence-corrected chi connectivity index (χ1v) is 11.6. The third kappa shape index (κ3) is 4.88. The highest BCUT2D eigenvalue weighted by Crippen LogP contribution is 2.31. The summed E-state index contributed by atoms with van der Waals surface area (Å²) in [7, 11) is 0. The number of benzene rings is 3. The fraction of sp³-hybridized carbons (Fsp3) is 0.107. The number of halogens is 1. The molecule has 0 aliphatic carbocycles. The molecule has 0 aliphatic heterocycles. The highest BCUT2D eigenvalue weighted by molar-refractivity contribution is 6.33. The minimum absolute atomic E-state index is 0.260. The average molecular weight is 483 g/mol. The van der Waals surface area contributed by atoms with E-state index in [1.807, 2.05) is 47.2 Å². The van der Waals surface area contributed by atoms with Crippen LogP contribution in [0.15, 0.2) is 96.0 Å². The van der Waals surface area contributed by atoms with Gasteiger partial charge in [-0.1, -0.05) is 83.5 Å². The van der Waals surface area contributed by atoms with Gasteiger partial charge in [-0.05, 0) is 35.2 Å². The van der Waals surface area contributed by atoms with Gasteiger partial charge in [0, 0.05) is 31.0 Å². The Hall–Kier alpha value is -4.16. The Morgan fingerprint density at radius 2 is 1.74 bits per heavy atom. The Bertz CT molecular complexity index is 1460. The zero-order valence-corrected chi connectivity index (χ0v) is 19.9. The molecular formula is C28H23ClN4O2. The first-order valence-electron chi connectivity index (χ1n) is 11.2. The van der Waals surface area contributed by atoms with Crippen LogP contribution in [0.25, 0.3) is 22.4 Å². The van der Waals surface area contributed by atoms with E-state index < -0.39 is 0 Å². The highest BCUT2D eigenvalue weighted by atomic mass is 35.5. The van der Waals surface area contributed by atoms with E-state index in [2.05, 4.69) is 45.8 Å². The smallest absolute Gasteiger partial charge is 0.257 e. The summed E-state index contributed by atoms with van der Waals surface area (Å²) in [4.78, 5) is 17.3. The largest absolute Gasteiger partial charge is 0.360 e. The second-order valence-corrected chi connectivity index (χ2v) is 8.62. The zero-order chi connectivity index (χ0) is 24.2. The summed E-state index contributed by atoms with van der Waals surface area (Å²) in [5.74, 6) is 0.184. The van der Waals surface area contributed by atoms with Gasteiger partial charge in [0.15, 0.2) is 0 Å². The molecule has 35 heavy (non-hydrogen) atoms. The molecule has 5 aromatic rings. The lowest BCUT2D eigenvalue weighted by molar-refractivity contribution is 0.0950. The molecule has 0 saturated carbocycles. The van der Waals surface area contributed by atoms with Gasteiger partial charge in [-0.25, -0.2) is 4.98 Å². The number of hydrogen-bond donors (Lipinski definition) is 1. The van der Waals surface area contributed by atoms with Crippen molar-refractivity contribution in [1.82, 2.24) is 20.0 Å². The van der Waals surface area contributed by atoms with Gasteiger partial charge in [-0.2, -0.15) is 0 Å². The van der Waals surface area contributed by atoms with E-state index in [0.29, 0.717) is 34.1 Å². The lowest BCUT2D eigenvalue weighted by Gasteiger charge is -2.12. The van der Waals surface area contributed by atoms with Crippen molar-refractivity contribution in [2.45, 2.75) is 20.0 Å². The predicted molar refractivity (Wildman–Crippen MR) is 136 cm³/mol. The molecule has 2 heterocycles. The Kier molecular flexibility index (Phi) is 6.46. The van der Waals surface area contributed by atoms with E-state index in [1.54, 1.807) is 25.5 Å². The lowest BCUT2D eigenvalue weighted by atomic mass is 9.98. The van der Waals surface area contributed by atoms with Crippen molar-refractivity contribution in [2.24, 2.45) is 0 Å². The number of nitrogens with zero attached hydrogens (tertiary/aromatic N) is 3. The predicted octanol–water partition coefficient (Wildman–Crippen LogP) is 6.15. The summed E-state index contributed by atoms with van der Waals surface area (Å²) in [5, 5.41) is 7.64. The molecule has 2 aromatic heterocycles. The van der Waals surface area contributed by atoms with E-state index in [0.717, 1.165) is 23.2 Å². The van der Waals surface area contributed by atoms with Gasteiger partial charge in [0.2, 0.25) is 0 Å². The molecule has 6 nitrogen and oxygen atoms in total. The summed E-state index contributed by atoms with van der Waals surface area (Å²) in [5.41, 5.74) is 5.83. The van der Waals surface area contributed by atoms with Crippen LogP contribution in [0.1, 0.15) is 27.2 Å². The molecule has 0 spiro atoms. The van der Waals surface area contributed by atoms with Crippen LogP contribution in [-0.4, -0.2) is 20.6 Å². The fourth-order valence-electron chi connectivity index (χ4n) is 4.08. The molecule has 1 amide bonds. The molecule has 0 aliphatic rings. The van der Waals surface area contributed by atoms with Crippen LogP contribution in [0.3, 0.4) is 0 Å². The molecule has 0 saturated heterocycles. The lowest BCUT2D eigenvalue weighted by Crippen LogP contribution is -2.24. The van der Waals surface area contributed by atoms with Crippen LogP contribution in [-0.2, 0) is 13.1 Å².